The summed E-state index contributed by atoms with van der Waals surface area (Å²) in [6.07, 6.45) is 0.914. The molecule has 1 rings (SSSR count). The van der Waals surface area contributed by atoms with Crippen molar-refractivity contribution in [1.82, 2.24) is 5.32 Å². The molecule has 4 nitrogen and oxygen atoms in total. The maximum absolute atomic E-state index is 11.5. The second-order valence-corrected chi connectivity index (χ2v) is 5.23. The Balaban J connectivity index is 2.70. The molecule has 0 saturated carbocycles. The van der Waals surface area contributed by atoms with E-state index < -0.39 is 0 Å². The smallest absolute Gasteiger partial charge is 0.239 e. The lowest BCUT2D eigenvalue weighted by Crippen LogP contribution is -2.30. The minimum absolute atomic E-state index is 0.0562. The first-order valence-corrected chi connectivity index (χ1v) is 7.38. The number of amides is 1. The van der Waals surface area contributed by atoms with Crippen molar-refractivity contribution in [3.8, 4) is 6.07 Å². The van der Waals surface area contributed by atoms with Gasteiger partial charge in [-0.1, -0.05) is 19.9 Å². The van der Waals surface area contributed by atoms with Gasteiger partial charge in [0.15, 0.2) is 0 Å². The molecule has 0 aliphatic carbocycles. The van der Waals surface area contributed by atoms with Crippen LogP contribution in [-0.2, 0) is 4.79 Å². The van der Waals surface area contributed by atoms with Crippen molar-refractivity contribution in [3.63, 3.8) is 0 Å². The predicted molar refractivity (Wildman–Crippen MR) is 79.3 cm³/mol. The molecule has 2 N–H and O–H groups in total. The zero-order chi connectivity index (χ0) is 14.1. The molecule has 0 heterocycles. The number of nitrogens with zero attached hydrogens (tertiary/aromatic N) is 1. The Labute approximate surface area is 118 Å². The molecule has 1 aromatic carbocycles. The molecule has 0 bridgehead atoms. The SMILES string of the molecule is CCCNC(=O)CNc1cccc(SCC)c1C#N. The van der Waals surface area contributed by atoms with Crippen molar-refractivity contribution in [2.45, 2.75) is 25.2 Å². The van der Waals surface area contributed by atoms with Gasteiger partial charge in [-0.05, 0) is 24.3 Å². The van der Waals surface area contributed by atoms with Gasteiger partial charge in [0.25, 0.3) is 0 Å². The highest BCUT2D eigenvalue weighted by Crippen LogP contribution is 2.27. The first-order chi connectivity index (χ1) is 9.22. The quantitative estimate of drug-likeness (QED) is 0.752. The van der Waals surface area contributed by atoms with Gasteiger partial charge in [-0.2, -0.15) is 5.26 Å². The molecule has 0 spiro atoms. The second-order valence-electron chi connectivity index (χ2n) is 3.93. The molecule has 0 radical (unpaired) electrons. The molecule has 0 aliphatic heterocycles. The molecule has 1 amide bonds. The van der Waals surface area contributed by atoms with Crippen LogP contribution in [0.4, 0.5) is 5.69 Å². The van der Waals surface area contributed by atoms with E-state index in [1.165, 1.54) is 0 Å². The average molecular weight is 277 g/mol. The highest BCUT2D eigenvalue weighted by atomic mass is 32.2. The summed E-state index contributed by atoms with van der Waals surface area (Å²) in [7, 11) is 0. The molecule has 0 aliphatic rings. The van der Waals surface area contributed by atoms with Gasteiger partial charge < -0.3 is 10.6 Å². The number of anilines is 1. The lowest BCUT2D eigenvalue weighted by molar-refractivity contribution is -0.119. The average Bonchev–Trinajstić information content (AvgIpc) is 2.43. The largest absolute Gasteiger partial charge is 0.375 e. The highest BCUT2D eigenvalue weighted by molar-refractivity contribution is 7.99. The third kappa shape index (κ3) is 4.84. The maximum atomic E-state index is 11.5. The minimum atomic E-state index is -0.0562. The Kier molecular flexibility index (Phi) is 6.83. The van der Waals surface area contributed by atoms with E-state index in [2.05, 4.69) is 16.7 Å². The van der Waals surface area contributed by atoms with Gasteiger partial charge in [0.05, 0.1) is 17.8 Å². The Morgan fingerprint density at radius 2 is 2.21 bits per heavy atom. The molecule has 0 fully saturated rings. The van der Waals surface area contributed by atoms with Crippen LogP contribution in [0.2, 0.25) is 0 Å². The van der Waals surface area contributed by atoms with Crippen molar-refractivity contribution < 1.29 is 4.79 Å². The standard InChI is InChI=1S/C14H19N3OS/c1-3-8-16-14(18)10-17-12-6-5-7-13(19-4-2)11(12)9-15/h5-7,17H,3-4,8,10H2,1-2H3,(H,16,18). The summed E-state index contributed by atoms with van der Waals surface area (Å²) in [4.78, 5) is 12.5. The van der Waals surface area contributed by atoms with Gasteiger partial charge in [-0.15, -0.1) is 11.8 Å². The van der Waals surface area contributed by atoms with E-state index in [1.54, 1.807) is 11.8 Å². The van der Waals surface area contributed by atoms with Crippen molar-refractivity contribution in [1.29, 1.82) is 5.26 Å². The number of rotatable bonds is 7. The van der Waals surface area contributed by atoms with Gasteiger partial charge in [0.2, 0.25) is 5.91 Å². The summed E-state index contributed by atoms with van der Waals surface area (Å²) in [5.41, 5.74) is 1.32. The van der Waals surface area contributed by atoms with Crippen molar-refractivity contribution in [3.05, 3.63) is 23.8 Å². The number of carbonyl (C=O) groups is 1. The zero-order valence-corrected chi connectivity index (χ0v) is 12.1. The van der Waals surface area contributed by atoms with Crippen LogP contribution in [0.1, 0.15) is 25.8 Å². The second kappa shape index (κ2) is 8.44. The summed E-state index contributed by atoms with van der Waals surface area (Å²) >= 11 is 1.63. The molecule has 102 valence electrons. The number of benzene rings is 1. The minimum Gasteiger partial charge on any atom is -0.375 e. The van der Waals surface area contributed by atoms with Crippen molar-refractivity contribution in [2.75, 3.05) is 24.2 Å². The summed E-state index contributed by atoms with van der Waals surface area (Å²) in [6.45, 7) is 4.92. The molecule has 0 atom stereocenters. The van der Waals surface area contributed by atoms with Crippen molar-refractivity contribution in [2.24, 2.45) is 0 Å². The maximum Gasteiger partial charge on any atom is 0.239 e. The number of nitrogens with one attached hydrogen (secondary N) is 2. The van der Waals surface area contributed by atoms with Gasteiger partial charge in [0, 0.05) is 11.4 Å². The number of nitriles is 1. The van der Waals surface area contributed by atoms with E-state index in [1.807, 2.05) is 32.0 Å². The fourth-order valence-corrected chi connectivity index (χ4v) is 2.36. The van der Waals surface area contributed by atoms with E-state index in [0.29, 0.717) is 17.8 Å². The normalized spacial score (nSPS) is 9.74. The summed E-state index contributed by atoms with van der Waals surface area (Å²) in [6, 6.07) is 7.85. The van der Waals surface area contributed by atoms with Crippen LogP contribution in [0.15, 0.2) is 23.1 Å². The van der Waals surface area contributed by atoms with E-state index in [9.17, 15) is 10.1 Å². The first-order valence-electron chi connectivity index (χ1n) is 6.39. The number of carbonyl (C=O) groups excluding carboxylic acids is 1. The third-order valence-electron chi connectivity index (χ3n) is 2.45. The Bertz CT molecular complexity index is 468. The fourth-order valence-electron chi connectivity index (χ4n) is 1.57. The van der Waals surface area contributed by atoms with Crippen LogP contribution in [-0.4, -0.2) is 24.7 Å². The van der Waals surface area contributed by atoms with Crippen LogP contribution in [0.3, 0.4) is 0 Å². The highest BCUT2D eigenvalue weighted by Gasteiger charge is 2.08. The summed E-state index contributed by atoms with van der Waals surface area (Å²) < 4.78 is 0. The lowest BCUT2D eigenvalue weighted by Gasteiger charge is -2.11. The fraction of sp³-hybridized carbons (Fsp3) is 0.429. The summed E-state index contributed by atoms with van der Waals surface area (Å²) in [5.74, 6) is 0.856. The number of thioether (sulfide) groups is 1. The van der Waals surface area contributed by atoms with Crippen LogP contribution >= 0.6 is 11.8 Å². The molecular formula is C14H19N3OS. The van der Waals surface area contributed by atoms with Gasteiger partial charge >= 0.3 is 0 Å². The van der Waals surface area contributed by atoms with E-state index in [0.717, 1.165) is 17.1 Å². The van der Waals surface area contributed by atoms with Crippen LogP contribution in [0.5, 0.6) is 0 Å². The van der Waals surface area contributed by atoms with Gasteiger partial charge in [-0.25, -0.2) is 0 Å². The zero-order valence-electron chi connectivity index (χ0n) is 11.3. The van der Waals surface area contributed by atoms with Crippen LogP contribution in [0, 0.1) is 11.3 Å². The van der Waals surface area contributed by atoms with E-state index >= 15 is 0 Å². The van der Waals surface area contributed by atoms with E-state index in [4.69, 9.17) is 0 Å². The molecular weight excluding hydrogens is 258 g/mol. The van der Waals surface area contributed by atoms with E-state index in [-0.39, 0.29) is 12.5 Å². The Morgan fingerprint density at radius 1 is 1.42 bits per heavy atom. The Morgan fingerprint density at radius 3 is 2.84 bits per heavy atom. The van der Waals surface area contributed by atoms with Crippen LogP contribution < -0.4 is 10.6 Å². The monoisotopic (exact) mass is 277 g/mol. The predicted octanol–water partition coefficient (Wildman–Crippen LogP) is 2.61. The summed E-state index contributed by atoms with van der Waals surface area (Å²) in [5, 5.41) is 15.0. The molecule has 1 aromatic rings. The molecule has 19 heavy (non-hydrogen) atoms. The first kappa shape index (κ1) is 15.4. The molecule has 5 heteroatoms. The number of hydrogen-bond acceptors (Lipinski definition) is 4. The van der Waals surface area contributed by atoms with Crippen molar-refractivity contribution >= 4 is 23.4 Å². The lowest BCUT2D eigenvalue weighted by atomic mass is 10.2. The van der Waals surface area contributed by atoms with Gasteiger partial charge in [0.1, 0.15) is 6.07 Å². The molecule has 0 saturated heterocycles. The molecule has 0 unspecified atom stereocenters. The topological polar surface area (TPSA) is 64.9 Å². The van der Waals surface area contributed by atoms with Crippen LogP contribution in [0.25, 0.3) is 0 Å². The molecule has 0 aromatic heterocycles. The Hall–Kier alpha value is -1.67. The van der Waals surface area contributed by atoms with Gasteiger partial charge in [-0.3, -0.25) is 4.79 Å². The third-order valence-corrected chi connectivity index (χ3v) is 3.39. The number of hydrogen-bond donors (Lipinski definition) is 2.